The van der Waals surface area contributed by atoms with E-state index in [9.17, 15) is 0 Å². The molecule has 1 unspecified atom stereocenters. The Hall–Kier alpha value is -0.300. The standard InChI is InChI=1S/C14H16Cl2IN3/c1-8-14(16)13(20(3)19-8)7-12(18-2)10-6-9(15)4-5-11(10)17/h4-6,12,18H,7H2,1-3H3. The lowest BCUT2D eigenvalue weighted by Gasteiger charge is -2.19. The molecular formula is C14H16Cl2IN3. The number of nitrogens with zero attached hydrogens (tertiary/aromatic N) is 2. The second kappa shape index (κ2) is 6.64. The number of aryl methyl sites for hydroxylation is 2. The Kier molecular flexibility index (Phi) is 5.34. The summed E-state index contributed by atoms with van der Waals surface area (Å²) in [7, 11) is 3.86. The molecule has 0 spiro atoms. The second-order valence-electron chi connectivity index (χ2n) is 4.68. The van der Waals surface area contributed by atoms with E-state index in [0.717, 1.165) is 27.9 Å². The molecule has 1 atom stereocenters. The van der Waals surface area contributed by atoms with Gasteiger partial charge in [-0.1, -0.05) is 23.2 Å². The van der Waals surface area contributed by atoms with E-state index in [1.165, 1.54) is 9.13 Å². The van der Waals surface area contributed by atoms with Crippen LogP contribution in [0.4, 0.5) is 0 Å². The van der Waals surface area contributed by atoms with Crippen molar-refractivity contribution in [1.29, 1.82) is 0 Å². The van der Waals surface area contributed by atoms with Crippen LogP contribution in [0.3, 0.4) is 0 Å². The van der Waals surface area contributed by atoms with Crippen molar-refractivity contribution in [2.75, 3.05) is 7.05 Å². The van der Waals surface area contributed by atoms with Gasteiger partial charge in [0, 0.05) is 28.1 Å². The van der Waals surface area contributed by atoms with Gasteiger partial charge >= 0.3 is 0 Å². The fourth-order valence-corrected chi connectivity index (χ4v) is 3.37. The lowest BCUT2D eigenvalue weighted by atomic mass is 10.0. The average Bonchev–Trinajstić information content (AvgIpc) is 2.65. The minimum Gasteiger partial charge on any atom is -0.313 e. The van der Waals surface area contributed by atoms with Crippen molar-refractivity contribution in [3.63, 3.8) is 0 Å². The summed E-state index contributed by atoms with van der Waals surface area (Å²) in [5.74, 6) is 0. The smallest absolute Gasteiger partial charge is 0.0847 e. The maximum absolute atomic E-state index is 6.33. The zero-order chi connectivity index (χ0) is 14.9. The van der Waals surface area contributed by atoms with Crippen LogP contribution in [0.25, 0.3) is 0 Å². The largest absolute Gasteiger partial charge is 0.313 e. The van der Waals surface area contributed by atoms with Crippen molar-refractivity contribution in [2.24, 2.45) is 7.05 Å². The Balaban J connectivity index is 2.36. The molecular weight excluding hydrogens is 408 g/mol. The molecule has 0 fully saturated rings. The molecule has 6 heteroatoms. The molecule has 0 saturated carbocycles. The zero-order valence-corrected chi connectivity index (χ0v) is 15.2. The summed E-state index contributed by atoms with van der Waals surface area (Å²) < 4.78 is 3.03. The van der Waals surface area contributed by atoms with Crippen LogP contribution in [0.15, 0.2) is 18.2 Å². The minimum atomic E-state index is 0.146. The number of benzene rings is 1. The van der Waals surface area contributed by atoms with E-state index >= 15 is 0 Å². The molecule has 108 valence electrons. The first kappa shape index (κ1) is 16.1. The Bertz CT molecular complexity index is 625. The predicted molar refractivity (Wildman–Crippen MR) is 92.6 cm³/mol. The predicted octanol–water partition coefficient (Wildman–Crippen LogP) is 4.14. The van der Waals surface area contributed by atoms with Crippen LogP contribution in [-0.2, 0) is 13.5 Å². The van der Waals surface area contributed by atoms with Crippen molar-refractivity contribution >= 4 is 45.8 Å². The lowest BCUT2D eigenvalue weighted by Crippen LogP contribution is -2.21. The molecule has 0 aliphatic carbocycles. The molecule has 1 N–H and O–H groups in total. The van der Waals surface area contributed by atoms with Crippen molar-refractivity contribution < 1.29 is 0 Å². The second-order valence-corrected chi connectivity index (χ2v) is 6.66. The monoisotopic (exact) mass is 423 g/mol. The number of rotatable bonds is 4. The highest BCUT2D eigenvalue weighted by atomic mass is 127. The third-order valence-electron chi connectivity index (χ3n) is 3.34. The van der Waals surface area contributed by atoms with Gasteiger partial charge in [-0.2, -0.15) is 5.10 Å². The molecule has 1 aromatic heterocycles. The first-order valence-corrected chi connectivity index (χ1v) is 8.07. The summed E-state index contributed by atoms with van der Waals surface area (Å²) in [6.45, 7) is 1.92. The van der Waals surface area contributed by atoms with E-state index in [0.29, 0.717) is 0 Å². The summed E-state index contributed by atoms with van der Waals surface area (Å²) in [4.78, 5) is 0. The fraction of sp³-hybridized carbons (Fsp3) is 0.357. The van der Waals surface area contributed by atoms with Gasteiger partial charge in [-0.25, -0.2) is 0 Å². The molecule has 2 aromatic rings. The van der Waals surface area contributed by atoms with E-state index in [4.69, 9.17) is 23.2 Å². The first-order valence-electron chi connectivity index (χ1n) is 6.24. The van der Waals surface area contributed by atoms with Crippen molar-refractivity contribution in [1.82, 2.24) is 15.1 Å². The summed E-state index contributed by atoms with van der Waals surface area (Å²) in [6, 6.07) is 6.08. The van der Waals surface area contributed by atoms with Gasteiger partial charge < -0.3 is 5.32 Å². The molecule has 0 bridgehead atoms. The zero-order valence-electron chi connectivity index (χ0n) is 11.5. The van der Waals surface area contributed by atoms with Crippen molar-refractivity contribution in [3.8, 4) is 0 Å². The van der Waals surface area contributed by atoms with Crippen molar-refractivity contribution in [3.05, 3.63) is 48.8 Å². The summed E-state index contributed by atoms with van der Waals surface area (Å²) >= 11 is 14.8. The van der Waals surface area contributed by atoms with E-state index in [-0.39, 0.29) is 6.04 Å². The molecule has 0 aliphatic heterocycles. The maximum Gasteiger partial charge on any atom is 0.0847 e. The lowest BCUT2D eigenvalue weighted by molar-refractivity contribution is 0.559. The summed E-state index contributed by atoms with van der Waals surface area (Å²) in [6.07, 6.45) is 0.767. The maximum atomic E-state index is 6.33. The van der Waals surface area contributed by atoms with E-state index in [1.54, 1.807) is 0 Å². The van der Waals surface area contributed by atoms with Crippen LogP contribution < -0.4 is 5.32 Å². The highest BCUT2D eigenvalue weighted by molar-refractivity contribution is 14.1. The molecule has 3 nitrogen and oxygen atoms in total. The number of hydrogen-bond donors (Lipinski definition) is 1. The molecule has 0 amide bonds. The third kappa shape index (κ3) is 3.30. The van der Waals surface area contributed by atoms with Crippen LogP contribution in [0.5, 0.6) is 0 Å². The number of nitrogens with one attached hydrogen (secondary N) is 1. The Labute approximate surface area is 142 Å². The summed E-state index contributed by atoms with van der Waals surface area (Å²) in [5.41, 5.74) is 3.06. The minimum absolute atomic E-state index is 0.146. The number of hydrogen-bond acceptors (Lipinski definition) is 2. The highest BCUT2D eigenvalue weighted by Gasteiger charge is 2.19. The number of halogens is 3. The van der Waals surface area contributed by atoms with Crippen molar-refractivity contribution in [2.45, 2.75) is 19.4 Å². The van der Waals surface area contributed by atoms with Gasteiger partial charge in [0.15, 0.2) is 0 Å². The van der Waals surface area contributed by atoms with Crippen LogP contribution in [-0.4, -0.2) is 16.8 Å². The number of aromatic nitrogens is 2. The average molecular weight is 424 g/mol. The SMILES string of the molecule is CNC(Cc1c(Cl)c(C)nn1C)c1cc(Cl)ccc1I. The highest BCUT2D eigenvalue weighted by Crippen LogP contribution is 2.29. The molecule has 0 aliphatic rings. The Morgan fingerprint density at radius 3 is 2.65 bits per heavy atom. The van der Waals surface area contributed by atoms with Crippen LogP contribution in [0.1, 0.15) is 23.0 Å². The van der Waals surface area contributed by atoms with Gasteiger partial charge in [0.1, 0.15) is 0 Å². The summed E-state index contributed by atoms with van der Waals surface area (Å²) in [5, 5.41) is 9.18. The van der Waals surface area contributed by atoms with E-state index in [2.05, 4.69) is 33.0 Å². The topological polar surface area (TPSA) is 29.9 Å². The molecule has 0 saturated heterocycles. The molecule has 2 rings (SSSR count). The molecule has 1 heterocycles. The van der Waals surface area contributed by atoms with Gasteiger partial charge in [-0.15, -0.1) is 0 Å². The van der Waals surface area contributed by atoms with Gasteiger partial charge in [-0.05, 0) is 60.3 Å². The van der Waals surface area contributed by atoms with Crippen LogP contribution >= 0.6 is 45.8 Å². The van der Waals surface area contributed by atoms with Crippen LogP contribution in [0, 0.1) is 10.5 Å². The Morgan fingerprint density at radius 1 is 1.40 bits per heavy atom. The molecule has 20 heavy (non-hydrogen) atoms. The van der Waals surface area contributed by atoms with E-state index in [1.807, 2.05) is 43.9 Å². The normalized spacial score (nSPS) is 12.7. The van der Waals surface area contributed by atoms with Crippen LogP contribution in [0.2, 0.25) is 10.0 Å². The van der Waals surface area contributed by atoms with E-state index < -0.39 is 0 Å². The third-order valence-corrected chi connectivity index (χ3v) is 5.05. The fourth-order valence-electron chi connectivity index (χ4n) is 2.24. The molecule has 0 radical (unpaired) electrons. The first-order chi connectivity index (χ1) is 9.43. The Morgan fingerprint density at radius 2 is 2.10 bits per heavy atom. The van der Waals surface area contributed by atoms with Gasteiger partial charge in [0.05, 0.1) is 16.4 Å². The van der Waals surface area contributed by atoms with Gasteiger partial charge in [0.25, 0.3) is 0 Å². The molecule has 1 aromatic carbocycles. The van der Waals surface area contributed by atoms with Gasteiger partial charge in [0.2, 0.25) is 0 Å². The van der Waals surface area contributed by atoms with Gasteiger partial charge in [-0.3, -0.25) is 4.68 Å². The quantitative estimate of drug-likeness (QED) is 0.749. The number of likely N-dealkylation sites (N-methyl/N-ethyl adjacent to an activating group) is 1.